The number of esters is 1. The molecule has 0 spiro atoms. The standard InChI is InChI=1S/C19H20N2O4/c1-4-10-21(11-5-2)18(22)14-25-19(23)16(13-20)12-15-6-8-17(24-3)9-7-15/h4-9,12H,1-2,10-11,14H2,3H3. The van der Waals surface area contributed by atoms with E-state index in [0.717, 1.165) is 0 Å². The molecule has 1 aromatic rings. The number of methoxy groups -OCH3 is 1. The van der Waals surface area contributed by atoms with Crippen LogP contribution in [0.15, 0.2) is 55.1 Å². The molecular formula is C19H20N2O4. The number of amides is 1. The van der Waals surface area contributed by atoms with Crippen molar-refractivity contribution in [1.82, 2.24) is 4.90 Å². The van der Waals surface area contributed by atoms with Crippen LogP contribution in [0.1, 0.15) is 5.56 Å². The second kappa shape index (κ2) is 10.4. The van der Waals surface area contributed by atoms with Gasteiger partial charge in [-0.3, -0.25) is 4.79 Å². The van der Waals surface area contributed by atoms with E-state index in [2.05, 4.69) is 13.2 Å². The van der Waals surface area contributed by atoms with Crippen LogP contribution < -0.4 is 4.74 Å². The summed E-state index contributed by atoms with van der Waals surface area (Å²) in [6.45, 7) is 7.30. The molecule has 0 aliphatic rings. The lowest BCUT2D eigenvalue weighted by molar-refractivity contribution is -0.148. The molecule has 6 nitrogen and oxygen atoms in total. The van der Waals surface area contributed by atoms with Crippen LogP contribution in [0.5, 0.6) is 5.75 Å². The van der Waals surface area contributed by atoms with Gasteiger partial charge in [-0.15, -0.1) is 13.2 Å². The average Bonchev–Trinajstić information content (AvgIpc) is 2.64. The van der Waals surface area contributed by atoms with Crippen molar-refractivity contribution in [2.24, 2.45) is 0 Å². The zero-order valence-electron chi connectivity index (χ0n) is 14.1. The van der Waals surface area contributed by atoms with Crippen LogP contribution in [0.25, 0.3) is 6.08 Å². The van der Waals surface area contributed by atoms with Crippen molar-refractivity contribution in [2.75, 3.05) is 26.8 Å². The highest BCUT2D eigenvalue weighted by molar-refractivity contribution is 5.98. The minimum Gasteiger partial charge on any atom is -0.497 e. The van der Waals surface area contributed by atoms with Gasteiger partial charge in [0.25, 0.3) is 5.91 Å². The van der Waals surface area contributed by atoms with Crippen LogP contribution in [0.2, 0.25) is 0 Å². The molecule has 6 heteroatoms. The predicted octanol–water partition coefficient (Wildman–Crippen LogP) is 2.35. The minimum atomic E-state index is -0.858. The van der Waals surface area contributed by atoms with Crippen LogP contribution in [0, 0.1) is 11.3 Å². The molecule has 0 bridgehead atoms. The molecule has 0 aliphatic carbocycles. The average molecular weight is 340 g/mol. The Morgan fingerprint density at radius 3 is 2.28 bits per heavy atom. The summed E-state index contributed by atoms with van der Waals surface area (Å²) < 4.78 is 9.97. The Morgan fingerprint density at radius 2 is 1.80 bits per heavy atom. The third kappa shape index (κ3) is 6.36. The highest BCUT2D eigenvalue weighted by Crippen LogP contribution is 2.14. The number of ether oxygens (including phenoxy) is 2. The molecule has 25 heavy (non-hydrogen) atoms. The largest absolute Gasteiger partial charge is 0.497 e. The maximum atomic E-state index is 12.0. The van der Waals surface area contributed by atoms with E-state index in [9.17, 15) is 9.59 Å². The second-order valence-electron chi connectivity index (χ2n) is 4.90. The Labute approximate surface area is 147 Å². The quantitative estimate of drug-likeness (QED) is 0.298. The van der Waals surface area contributed by atoms with Gasteiger partial charge in [-0.1, -0.05) is 24.3 Å². The summed E-state index contributed by atoms with van der Waals surface area (Å²) >= 11 is 0. The van der Waals surface area contributed by atoms with Gasteiger partial charge in [0.1, 0.15) is 17.4 Å². The normalized spacial score (nSPS) is 10.3. The number of nitriles is 1. The Balaban J connectivity index is 2.73. The van der Waals surface area contributed by atoms with Crippen LogP contribution in [0.3, 0.4) is 0 Å². The number of nitrogens with zero attached hydrogens (tertiary/aromatic N) is 2. The van der Waals surface area contributed by atoms with Crippen LogP contribution in [-0.4, -0.2) is 43.6 Å². The minimum absolute atomic E-state index is 0.197. The van der Waals surface area contributed by atoms with Crippen LogP contribution in [-0.2, 0) is 14.3 Å². The molecule has 0 saturated carbocycles. The second-order valence-corrected chi connectivity index (χ2v) is 4.90. The third-order valence-corrected chi connectivity index (χ3v) is 3.15. The molecule has 1 amide bonds. The Morgan fingerprint density at radius 1 is 1.20 bits per heavy atom. The molecule has 0 heterocycles. The molecule has 0 radical (unpaired) electrons. The van der Waals surface area contributed by atoms with E-state index in [1.165, 1.54) is 11.0 Å². The number of hydrogen-bond acceptors (Lipinski definition) is 5. The molecule has 0 saturated heterocycles. The van der Waals surface area contributed by atoms with Crippen molar-refractivity contribution in [3.8, 4) is 11.8 Å². The smallest absolute Gasteiger partial charge is 0.349 e. The fourth-order valence-electron chi connectivity index (χ4n) is 1.89. The summed E-state index contributed by atoms with van der Waals surface area (Å²) in [6, 6.07) is 8.59. The number of rotatable bonds is 9. The van der Waals surface area contributed by atoms with E-state index < -0.39 is 18.5 Å². The summed E-state index contributed by atoms with van der Waals surface area (Å²) in [4.78, 5) is 25.4. The number of carbonyl (C=O) groups excluding carboxylic acids is 2. The molecule has 0 aromatic heterocycles. The molecule has 0 fully saturated rings. The fraction of sp³-hybridized carbons (Fsp3) is 0.211. The molecule has 0 atom stereocenters. The molecule has 0 N–H and O–H groups in total. The maximum Gasteiger partial charge on any atom is 0.349 e. The summed E-state index contributed by atoms with van der Waals surface area (Å²) in [7, 11) is 1.54. The van der Waals surface area contributed by atoms with Gasteiger partial charge >= 0.3 is 5.97 Å². The van der Waals surface area contributed by atoms with E-state index in [0.29, 0.717) is 24.4 Å². The van der Waals surface area contributed by atoms with Gasteiger partial charge in [-0.25, -0.2) is 4.79 Å². The zero-order chi connectivity index (χ0) is 18.7. The van der Waals surface area contributed by atoms with Gasteiger partial charge in [0.15, 0.2) is 6.61 Å². The van der Waals surface area contributed by atoms with E-state index in [1.54, 1.807) is 49.6 Å². The van der Waals surface area contributed by atoms with Crippen molar-refractivity contribution in [3.05, 3.63) is 60.7 Å². The predicted molar refractivity (Wildman–Crippen MR) is 94.5 cm³/mol. The Hall–Kier alpha value is -3.33. The van der Waals surface area contributed by atoms with Crippen LogP contribution >= 0.6 is 0 Å². The fourth-order valence-corrected chi connectivity index (χ4v) is 1.89. The van der Waals surface area contributed by atoms with Gasteiger partial charge in [0.2, 0.25) is 0 Å². The number of hydrogen-bond donors (Lipinski definition) is 0. The Kier molecular flexibility index (Phi) is 8.24. The van der Waals surface area contributed by atoms with Crippen molar-refractivity contribution >= 4 is 18.0 Å². The molecule has 130 valence electrons. The summed E-state index contributed by atoms with van der Waals surface area (Å²) in [5, 5.41) is 9.14. The Bertz CT molecular complexity index is 689. The lowest BCUT2D eigenvalue weighted by Gasteiger charge is -2.18. The van der Waals surface area contributed by atoms with E-state index >= 15 is 0 Å². The van der Waals surface area contributed by atoms with Crippen molar-refractivity contribution in [3.63, 3.8) is 0 Å². The molecular weight excluding hydrogens is 320 g/mol. The van der Waals surface area contributed by atoms with Gasteiger partial charge in [0.05, 0.1) is 7.11 Å². The molecule has 0 unspecified atom stereocenters. The van der Waals surface area contributed by atoms with E-state index in [4.69, 9.17) is 14.7 Å². The highest BCUT2D eigenvalue weighted by Gasteiger charge is 2.16. The summed E-state index contributed by atoms with van der Waals surface area (Å²) in [5.41, 5.74) is 0.442. The molecule has 1 aromatic carbocycles. The van der Waals surface area contributed by atoms with E-state index in [-0.39, 0.29) is 5.57 Å². The van der Waals surface area contributed by atoms with Crippen molar-refractivity contribution in [2.45, 2.75) is 0 Å². The number of benzene rings is 1. The molecule has 0 aliphatic heterocycles. The summed E-state index contributed by atoms with van der Waals surface area (Å²) in [5.74, 6) is -0.591. The first-order chi connectivity index (χ1) is 12.0. The van der Waals surface area contributed by atoms with E-state index in [1.807, 2.05) is 0 Å². The summed E-state index contributed by atoms with van der Waals surface area (Å²) in [6.07, 6.45) is 4.51. The van der Waals surface area contributed by atoms with Crippen molar-refractivity contribution < 1.29 is 19.1 Å². The topological polar surface area (TPSA) is 79.6 Å². The zero-order valence-corrected chi connectivity index (χ0v) is 14.1. The maximum absolute atomic E-state index is 12.0. The van der Waals surface area contributed by atoms with Gasteiger partial charge in [0, 0.05) is 13.1 Å². The van der Waals surface area contributed by atoms with Gasteiger partial charge < -0.3 is 14.4 Å². The lowest BCUT2D eigenvalue weighted by Crippen LogP contribution is -2.35. The van der Waals surface area contributed by atoms with Crippen molar-refractivity contribution in [1.29, 1.82) is 5.26 Å². The number of carbonyl (C=O) groups is 2. The first-order valence-electron chi connectivity index (χ1n) is 7.48. The van der Waals surface area contributed by atoms with Gasteiger partial charge in [-0.2, -0.15) is 5.26 Å². The third-order valence-electron chi connectivity index (χ3n) is 3.15. The first-order valence-corrected chi connectivity index (χ1v) is 7.48. The molecule has 1 rings (SSSR count). The first kappa shape index (κ1) is 19.7. The lowest BCUT2D eigenvalue weighted by atomic mass is 10.1. The SMILES string of the molecule is C=CCN(CC=C)C(=O)COC(=O)C(C#N)=Cc1ccc(OC)cc1. The van der Waals surface area contributed by atoms with Gasteiger partial charge in [-0.05, 0) is 23.8 Å². The highest BCUT2D eigenvalue weighted by atomic mass is 16.5. The monoisotopic (exact) mass is 340 g/mol. The van der Waals surface area contributed by atoms with Crippen LogP contribution in [0.4, 0.5) is 0 Å².